The number of benzene rings is 1. The predicted molar refractivity (Wildman–Crippen MR) is 47.5 cm³/mol. The van der Waals surface area contributed by atoms with Gasteiger partial charge in [-0.05, 0) is 5.30 Å². The maximum absolute atomic E-state index is 12.6. The van der Waals surface area contributed by atoms with Crippen LogP contribution in [0.3, 0.4) is 0 Å². The smallest absolute Gasteiger partial charge is 0.169 e. The topological polar surface area (TPSA) is 26.0 Å². The fourth-order valence-electron chi connectivity index (χ4n) is 0.764. The van der Waals surface area contributed by atoms with Gasteiger partial charge >= 0.3 is 0 Å². The standard InChI is InChI=1S/C8H8F2NP/c9-6-8(10)12(11)7-4-2-1-3-5-7/h1-6H,11H2/b8-6+. The summed E-state index contributed by atoms with van der Waals surface area (Å²) in [5.41, 5.74) is 4.54. The van der Waals surface area contributed by atoms with E-state index in [1.54, 1.807) is 30.3 Å². The molecule has 0 aliphatic carbocycles. The first-order chi connectivity index (χ1) is 5.75. The SMILES string of the molecule is NP(/C(F)=C/F)c1ccccc1. The summed E-state index contributed by atoms with van der Waals surface area (Å²) in [6.07, 6.45) is -0.0846. The highest BCUT2D eigenvalue weighted by atomic mass is 31.1. The third-order valence-corrected chi connectivity index (χ3v) is 2.77. The average molecular weight is 187 g/mol. The summed E-state index contributed by atoms with van der Waals surface area (Å²) in [6.45, 7) is 0. The van der Waals surface area contributed by atoms with Crippen LogP contribution in [0.15, 0.2) is 42.2 Å². The van der Waals surface area contributed by atoms with Gasteiger partial charge in [-0.3, -0.25) is 0 Å². The molecule has 1 nitrogen and oxygen atoms in total. The van der Waals surface area contributed by atoms with E-state index in [9.17, 15) is 8.78 Å². The van der Waals surface area contributed by atoms with E-state index in [1.807, 2.05) is 0 Å². The lowest BCUT2D eigenvalue weighted by Gasteiger charge is -2.07. The quantitative estimate of drug-likeness (QED) is 0.707. The number of nitrogens with two attached hydrogens (primary N) is 1. The minimum Gasteiger partial charge on any atom is -0.301 e. The van der Waals surface area contributed by atoms with Crippen molar-refractivity contribution < 1.29 is 8.78 Å². The van der Waals surface area contributed by atoms with Gasteiger partial charge in [0.15, 0.2) is 5.57 Å². The van der Waals surface area contributed by atoms with E-state index in [4.69, 9.17) is 5.50 Å². The molecule has 0 saturated carbocycles. The second-order valence-corrected chi connectivity index (χ2v) is 3.82. The van der Waals surface area contributed by atoms with Crippen LogP contribution >= 0.6 is 8.07 Å². The van der Waals surface area contributed by atoms with Crippen LogP contribution in [0.1, 0.15) is 0 Å². The Morgan fingerprint density at radius 2 is 1.92 bits per heavy atom. The van der Waals surface area contributed by atoms with Crippen LogP contribution in [0.2, 0.25) is 0 Å². The predicted octanol–water partition coefficient (Wildman–Crippen LogP) is 2.41. The second-order valence-electron chi connectivity index (χ2n) is 2.14. The minimum absolute atomic E-state index is 0.0846. The fraction of sp³-hybridized carbons (Fsp3) is 0. The lowest BCUT2D eigenvalue weighted by Crippen LogP contribution is -2.05. The van der Waals surface area contributed by atoms with Gasteiger partial charge in [-0.1, -0.05) is 30.3 Å². The maximum Gasteiger partial charge on any atom is 0.169 e. The van der Waals surface area contributed by atoms with Gasteiger partial charge in [-0.2, -0.15) is 0 Å². The molecule has 0 heterocycles. The zero-order valence-corrected chi connectivity index (χ0v) is 7.14. The molecule has 0 radical (unpaired) electrons. The van der Waals surface area contributed by atoms with Crippen LogP contribution in [0.5, 0.6) is 0 Å². The molecule has 4 heteroatoms. The van der Waals surface area contributed by atoms with E-state index >= 15 is 0 Å². The van der Waals surface area contributed by atoms with Crippen LogP contribution in [-0.2, 0) is 0 Å². The molecule has 1 aromatic rings. The number of hydrogen-bond acceptors (Lipinski definition) is 1. The summed E-state index contributed by atoms with van der Waals surface area (Å²) in [4.78, 5) is 0. The Hall–Kier alpha value is -0.790. The van der Waals surface area contributed by atoms with Crippen LogP contribution in [0.25, 0.3) is 0 Å². The molecule has 0 aliphatic heterocycles. The summed E-state index contributed by atoms with van der Waals surface area (Å²) in [7, 11) is -1.62. The summed E-state index contributed by atoms with van der Waals surface area (Å²) < 4.78 is 24.3. The number of rotatable bonds is 2. The van der Waals surface area contributed by atoms with E-state index in [-0.39, 0.29) is 6.33 Å². The highest BCUT2D eigenvalue weighted by Gasteiger charge is 2.10. The Bertz CT molecular complexity index is 274. The lowest BCUT2D eigenvalue weighted by molar-refractivity contribution is 0.627. The van der Waals surface area contributed by atoms with Crippen LogP contribution < -0.4 is 10.8 Å². The Morgan fingerprint density at radius 3 is 2.42 bits per heavy atom. The van der Waals surface area contributed by atoms with Crippen LogP contribution in [0.4, 0.5) is 8.78 Å². The Balaban J connectivity index is 2.86. The third-order valence-electron chi connectivity index (χ3n) is 1.35. The van der Waals surface area contributed by atoms with Crippen molar-refractivity contribution in [2.45, 2.75) is 0 Å². The fourth-order valence-corrected chi connectivity index (χ4v) is 1.61. The van der Waals surface area contributed by atoms with Gasteiger partial charge in [0.2, 0.25) is 0 Å². The summed E-state index contributed by atoms with van der Waals surface area (Å²) >= 11 is 0. The molecule has 0 aromatic heterocycles. The zero-order valence-electron chi connectivity index (χ0n) is 6.24. The van der Waals surface area contributed by atoms with E-state index < -0.39 is 13.6 Å². The van der Waals surface area contributed by atoms with Crippen molar-refractivity contribution >= 4 is 13.4 Å². The molecule has 0 spiro atoms. The lowest BCUT2D eigenvalue weighted by atomic mass is 10.4. The highest BCUT2D eigenvalue weighted by Crippen LogP contribution is 2.35. The third kappa shape index (κ3) is 2.10. The first kappa shape index (κ1) is 9.30. The van der Waals surface area contributed by atoms with Crippen molar-refractivity contribution in [3.8, 4) is 0 Å². The summed E-state index contributed by atoms with van der Waals surface area (Å²) in [5.74, 6) is 0. The van der Waals surface area contributed by atoms with E-state index in [2.05, 4.69) is 0 Å². The van der Waals surface area contributed by atoms with Gasteiger partial charge in [-0.15, -0.1) is 0 Å². The average Bonchev–Trinajstić information content (AvgIpc) is 2.17. The largest absolute Gasteiger partial charge is 0.301 e. The molecule has 0 amide bonds. The van der Waals surface area contributed by atoms with Crippen molar-refractivity contribution in [1.82, 2.24) is 0 Å². The molecule has 64 valence electrons. The molecule has 2 N–H and O–H groups in total. The second kappa shape index (κ2) is 4.29. The molecule has 1 aromatic carbocycles. The van der Waals surface area contributed by atoms with Crippen molar-refractivity contribution in [3.63, 3.8) is 0 Å². The van der Waals surface area contributed by atoms with Crippen LogP contribution in [-0.4, -0.2) is 0 Å². The van der Waals surface area contributed by atoms with Crippen molar-refractivity contribution in [2.24, 2.45) is 5.50 Å². The van der Waals surface area contributed by atoms with Gasteiger partial charge in [0, 0.05) is 0 Å². The molecule has 0 aliphatic rings. The van der Waals surface area contributed by atoms with E-state index in [0.29, 0.717) is 5.30 Å². The Morgan fingerprint density at radius 1 is 1.33 bits per heavy atom. The summed E-state index contributed by atoms with van der Waals surface area (Å²) in [5, 5.41) is 0.624. The molecule has 0 fully saturated rings. The Labute approximate surface area is 70.7 Å². The molecule has 1 rings (SSSR count). The molecular weight excluding hydrogens is 179 g/mol. The molecule has 1 unspecified atom stereocenters. The van der Waals surface area contributed by atoms with Gasteiger partial charge in [-0.25, -0.2) is 8.78 Å². The van der Waals surface area contributed by atoms with Crippen molar-refractivity contribution in [1.29, 1.82) is 0 Å². The number of hydrogen-bond donors (Lipinski definition) is 1. The van der Waals surface area contributed by atoms with E-state index in [1.165, 1.54) is 0 Å². The molecule has 0 bridgehead atoms. The van der Waals surface area contributed by atoms with Gasteiger partial charge in [0.25, 0.3) is 0 Å². The first-order valence-electron chi connectivity index (χ1n) is 3.31. The molecule has 0 saturated heterocycles. The Kier molecular flexibility index (Phi) is 3.32. The molecular formula is C8H8F2NP. The van der Waals surface area contributed by atoms with E-state index in [0.717, 1.165) is 0 Å². The van der Waals surface area contributed by atoms with Gasteiger partial charge in [0.05, 0.1) is 8.07 Å². The maximum atomic E-state index is 12.6. The number of halogens is 2. The van der Waals surface area contributed by atoms with Crippen LogP contribution in [0, 0.1) is 0 Å². The minimum atomic E-state index is -1.62. The van der Waals surface area contributed by atoms with Crippen molar-refractivity contribution in [3.05, 3.63) is 42.2 Å². The normalized spacial score (nSPS) is 14.4. The monoisotopic (exact) mass is 187 g/mol. The van der Waals surface area contributed by atoms with Gasteiger partial charge < -0.3 is 5.50 Å². The summed E-state index contributed by atoms with van der Waals surface area (Å²) in [6, 6.07) is 8.62. The zero-order chi connectivity index (χ0) is 8.97. The molecule has 12 heavy (non-hydrogen) atoms. The van der Waals surface area contributed by atoms with Gasteiger partial charge in [0.1, 0.15) is 6.33 Å². The highest BCUT2D eigenvalue weighted by molar-refractivity contribution is 7.67. The first-order valence-corrected chi connectivity index (χ1v) is 4.72. The van der Waals surface area contributed by atoms with Crippen molar-refractivity contribution in [2.75, 3.05) is 0 Å². The molecule has 1 atom stereocenters.